The van der Waals surface area contributed by atoms with Gasteiger partial charge >= 0.3 is 5.97 Å². The normalized spacial score (nSPS) is 16.1. The molecule has 5 nitrogen and oxygen atoms in total. The van der Waals surface area contributed by atoms with Crippen molar-refractivity contribution >= 4 is 23.5 Å². The second kappa shape index (κ2) is 7.50. The summed E-state index contributed by atoms with van der Waals surface area (Å²) in [7, 11) is 0. The van der Waals surface area contributed by atoms with E-state index in [1.54, 1.807) is 12.1 Å². The van der Waals surface area contributed by atoms with E-state index in [1.807, 2.05) is 18.7 Å². The van der Waals surface area contributed by atoms with Crippen LogP contribution in [-0.4, -0.2) is 58.6 Å². The van der Waals surface area contributed by atoms with E-state index in [1.165, 1.54) is 11.5 Å². The number of aromatic carboxylic acids is 1. The molecule has 110 valence electrons. The first-order valence-electron chi connectivity index (χ1n) is 6.97. The SMILES string of the molecule is CCc1cc(C(=O)O)cc(NCCN2CCSCC2)n1. The fraction of sp³-hybridized carbons (Fsp3) is 0.571. The summed E-state index contributed by atoms with van der Waals surface area (Å²) >= 11 is 2.00. The summed E-state index contributed by atoms with van der Waals surface area (Å²) in [6.07, 6.45) is 0.735. The summed E-state index contributed by atoms with van der Waals surface area (Å²) in [4.78, 5) is 17.9. The van der Waals surface area contributed by atoms with E-state index in [0.717, 1.165) is 38.3 Å². The standard InChI is InChI=1S/C14H21N3O2S/c1-2-12-9-11(14(18)19)10-13(16-12)15-3-4-17-5-7-20-8-6-17/h9-10H,2-8H2,1H3,(H,15,16)(H,18,19). The molecule has 1 saturated heterocycles. The monoisotopic (exact) mass is 295 g/mol. The number of hydrogen-bond donors (Lipinski definition) is 2. The van der Waals surface area contributed by atoms with Crippen LogP contribution in [0.5, 0.6) is 0 Å². The third kappa shape index (κ3) is 4.38. The van der Waals surface area contributed by atoms with Crippen molar-refractivity contribution in [3.05, 3.63) is 23.4 Å². The molecule has 1 aliphatic rings. The number of carboxylic acid groups (broad SMARTS) is 1. The predicted molar refractivity (Wildman–Crippen MR) is 82.8 cm³/mol. The molecule has 1 aromatic heterocycles. The van der Waals surface area contributed by atoms with E-state index in [4.69, 9.17) is 5.11 Å². The van der Waals surface area contributed by atoms with Gasteiger partial charge in [-0.25, -0.2) is 9.78 Å². The molecule has 1 fully saturated rings. The number of anilines is 1. The number of pyridine rings is 1. The summed E-state index contributed by atoms with van der Waals surface area (Å²) in [5.74, 6) is 2.16. The zero-order chi connectivity index (χ0) is 14.4. The van der Waals surface area contributed by atoms with Crippen molar-refractivity contribution in [2.45, 2.75) is 13.3 Å². The van der Waals surface area contributed by atoms with E-state index >= 15 is 0 Å². The van der Waals surface area contributed by atoms with Crippen molar-refractivity contribution in [1.29, 1.82) is 0 Å². The Kier molecular flexibility index (Phi) is 5.67. The number of nitrogens with one attached hydrogen (secondary N) is 1. The molecule has 2 N–H and O–H groups in total. The molecule has 0 unspecified atom stereocenters. The minimum Gasteiger partial charge on any atom is -0.478 e. The third-order valence-corrected chi connectivity index (χ3v) is 4.27. The molecule has 2 heterocycles. The number of aromatic nitrogens is 1. The highest BCUT2D eigenvalue weighted by atomic mass is 32.2. The van der Waals surface area contributed by atoms with Crippen molar-refractivity contribution < 1.29 is 9.90 Å². The van der Waals surface area contributed by atoms with Crippen LogP contribution in [0.3, 0.4) is 0 Å². The molecular weight excluding hydrogens is 274 g/mol. The summed E-state index contributed by atoms with van der Waals surface area (Å²) in [5.41, 5.74) is 1.11. The van der Waals surface area contributed by atoms with Crippen LogP contribution in [0, 0.1) is 0 Å². The molecule has 0 saturated carbocycles. The Hall–Kier alpha value is -1.27. The number of aryl methyl sites for hydroxylation is 1. The van der Waals surface area contributed by atoms with Gasteiger partial charge in [-0.2, -0.15) is 11.8 Å². The highest BCUT2D eigenvalue weighted by Crippen LogP contribution is 2.12. The molecule has 0 atom stereocenters. The summed E-state index contributed by atoms with van der Waals surface area (Å²) < 4.78 is 0. The Morgan fingerprint density at radius 2 is 2.20 bits per heavy atom. The first-order chi connectivity index (χ1) is 9.69. The second-order valence-electron chi connectivity index (χ2n) is 4.77. The van der Waals surface area contributed by atoms with Gasteiger partial charge in [0.15, 0.2) is 0 Å². The topological polar surface area (TPSA) is 65.5 Å². The summed E-state index contributed by atoms with van der Waals surface area (Å²) in [6.45, 7) is 6.01. The van der Waals surface area contributed by atoms with Crippen molar-refractivity contribution in [1.82, 2.24) is 9.88 Å². The number of nitrogens with zero attached hydrogens (tertiary/aromatic N) is 2. The van der Waals surface area contributed by atoms with Gasteiger partial charge in [-0.15, -0.1) is 0 Å². The molecule has 0 aromatic carbocycles. The van der Waals surface area contributed by atoms with E-state index in [0.29, 0.717) is 11.4 Å². The quantitative estimate of drug-likeness (QED) is 0.834. The Balaban J connectivity index is 1.91. The Morgan fingerprint density at radius 1 is 1.45 bits per heavy atom. The molecule has 0 radical (unpaired) electrons. The minimum atomic E-state index is -0.904. The Bertz CT molecular complexity index is 462. The van der Waals surface area contributed by atoms with Crippen LogP contribution in [0.25, 0.3) is 0 Å². The molecule has 0 aliphatic carbocycles. The second-order valence-corrected chi connectivity index (χ2v) is 6.00. The lowest BCUT2D eigenvalue weighted by Gasteiger charge is -2.26. The molecule has 1 aromatic rings. The molecule has 20 heavy (non-hydrogen) atoms. The maximum Gasteiger partial charge on any atom is 0.335 e. The average molecular weight is 295 g/mol. The van der Waals surface area contributed by atoms with Crippen LogP contribution >= 0.6 is 11.8 Å². The molecule has 0 amide bonds. The van der Waals surface area contributed by atoms with Crippen LogP contribution in [0.2, 0.25) is 0 Å². The van der Waals surface area contributed by atoms with Gasteiger partial charge in [-0.05, 0) is 18.6 Å². The van der Waals surface area contributed by atoms with E-state index in [9.17, 15) is 4.79 Å². The number of carboxylic acids is 1. The smallest absolute Gasteiger partial charge is 0.335 e. The maximum absolute atomic E-state index is 11.1. The number of rotatable bonds is 6. The van der Waals surface area contributed by atoms with Crippen molar-refractivity contribution in [2.75, 3.05) is 43.0 Å². The molecule has 2 rings (SSSR count). The molecule has 6 heteroatoms. The first kappa shape index (κ1) is 15.1. The van der Waals surface area contributed by atoms with Crippen LogP contribution in [0.15, 0.2) is 12.1 Å². The zero-order valence-electron chi connectivity index (χ0n) is 11.8. The van der Waals surface area contributed by atoms with Gasteiger partial charge in [0.1, 0.15) is 5.82 Å². The van der Waals surface area contributed by atoms with Gasteiger partial charge in [0.25, 0.3) is 0 Å². The maximum atomic E-state index is 11.1. The van der Waals surface area contributed by atoms with Crippen molar-refractivity contribution in [3.63, 3.8) is 0 Å². The van der Waals surface area contributed by atoms with Crippen LogP contribution < -0.4 is 5.32 Å². The van der Waals surface area contributed by atoms with E-state index in [-0.39, 0.29) is 0 Å². The molecule has 1 aliphatic heterocycles. The highest BCUT2D eigenvalue weighted by Gasteiger charge is 2.10. The van der Waals surface area contributed by atoms with E-state index in [2.05, 4.69) is 15.2 Å². The minimum absolute atomic E-state index is 0.300. The fourth-order valence-corrected chi connectivity index (χ4v) is 3.13. The predicted octanol–water partition coefficient (Wildman–Crippen LogP) is 1.80. The van der Waals surface area contributed by atoms with Gasteiger partial charge in [-0.1, -0.05) is 6.92 Å². The molecule has 0 spiro atoms. The van der Waals surface area contributed by atoms with Gasteiger partial charge in [0, 0.05) is 43.4 Å². The largest absolute Gasteiger partial charge is 0.478 e. The van der Waals surface area contributed by atoms with Gasteiger partial charge in [0.05, 0.1) is 5.56 Å². The lowest BCUT2D eigenvalue weighted by atomic mass is 10.2. The first-order valence-corrected chi connectivity index (χ1v) is 8.12. The van der Waals surface area contributed by atoms with Gasteiger partial charge < -0.3 is 10.4 Å². The number of carbonyl (C=O) groups is 1. The Morgan fingerprint density at radius 3 is 2.85 bits per heavy atom. The molecular formula is C14H21N3O2S. The molecule has 0 bridgehead atoms. The van der Waals surface area contributed by atoms with Crippen LogP contribution in [0.1, 0.15) is 23.0 Å². The van der Waals surface area contributed by atoms with E-state index < -0.39 is 5.97 Å². The summed E-state index contributed by atoms with van der Waals surface area (Å²) in [5, 5.41) is 12.3. The number of hydrogen-bond acceptors (Lipinski definition) is 5. The van der Waals surface area contributed by atoms with Crippen LogP contribution in [-0.2, 0) is 6.42 Å². The highest BCUT2D eigenvalue weighted by molar-refractivity contribution is 7.99. The zero-order valence-corrected chi connectivity index (χ0v) is 12.6. The van der Waals surface area contributed by atoms with Crippen molar-refractivity contribution in [2.24, 2.45) is 0 Å². The lowest BCUT2D eigenvalue weighted by Crippen LogP contribution is -2.36. The lowest BCUT2D eigenvalue weighted by molar-refractivity contribution is 0.0696. The average Bonchev–Trinajstić information content (AvgIpc) is 2.48. The summed E-state index contributed by atoms with van der Waals surface area (Å²) in [6, 6.07) is 3.24. The van der Waals surface area contributed by atoms with Crippen LogP contribution in [0.4, 0.5) is 5.82 Å². The van der Waals surface area contributed by atoms with Crippen molar-refractivity contribution in [3.8, 4) is 0 Å². The Labute approximate surface area is 123 Å². The van der Waals surface area contributed by atoms with Gasteiger partial charge in [-0.3, -0.25) is 4.90 Å². The fourth-order valence-electron chi connectivity index (χ4n) is 2.15. The third-order valence-electron chi connectivity index (χ3n) is 3.33. The number of thioether (sulfide) groups is 1. The van der Waals surface area contributed by atoms with Gasteiger partial charge in [0.2, 0.25) is 0 Å².